The van der Waals surface area contributed by atoms with Gasteiger partial charge in [0.15, 0.2) is 0 Å². The van der Waals surface area contributed by atoms with E-state index in [4.69, 9.17) is 4.74 Å². The molecule has 3 heteroatoms. The van der Waals surface area contributed by atoms with Crippen LogP contribution < -0.4 is 4.74 Å². The topological polar surface area (TPSA) is 26.3 Å². The molecule has 76 valence electrons. The van der Waals surface area contributed by atoms with Crippen molar-refractivity contribution in [3.63, 3.8) is 0 Å². The lowest BCUT2D eigenvalue weighted by molar-refractivity contribution is -0.116. The smallest absolute Gasteiger partial charge is 0.136 e. The van der Waals surface area contributed by atoms with Gasteiger partial charge in [-0.3, -0.25) is 4.79 Å². The van der Waals surface area contributed by atoms with E-state index in [-0.39, 0.29) is 5.78 Å². The lowest BCUT2D eigenvalue weighted by Crippen LogP contribution is -2.00. The fourth-order valence-corrected chi connectivity index (χ4v) is 2.21. The van der Waals surface area contributed by atoms with Crippen molar-refractivity contribution >= 4 is 21.7 Å². The Bertz CT molecular complexity index is 359. The maximum absolute atomic E-state index is 11.0. The third-order valence-corrected chi connectivity index (χ3v) is 2.50. The van der Waals surface area contributed by atoms with Crippen LogP contribution in [0.25, 0.3) is 0 Å². The molecule has 0 amide bonds. The van der Waals surface area contributed by atoms with E-state index < -0.39 is 0 Å². The summed E-state index contributed by atoms with van der Waals surface area (Å²) < 4.78 is 6.13. The molecule has 0 bridgehead atoms. The fraction of sp³-hybridized carbons (Fsp3) is 0.364. The van der Waals surface area contributed by atoms with E-state index in [2.05, 4.69) is 15.9 Å². The van der Waals surface area contributed by atoms with Gasteiger partial charge in [0, 0.05) is 12.0 Å². The number of methoxy groups -OCH3 is 1. The van der Waals surface area contributed by atoms with Gasteiger partial charge in [-0.15, -0.1) is 0 Å². The van der Waals surface area contributed by atoms with E-state index in [1.165, 1.54) is 0 Å². The number of hydrogen-bond acceptors (Lipinski definition) is 2. The molecule has 0 aromatic heterocycles. The maximum atomic E-state index is 11.0. The van der Waals surface area contributed by atoms with Gasteiger partial charge in [0.2, 0.25) is 0 Å². The Morgan fingerprint density at radius 1 is 1.50 bits per heavy atom. The summed E-state index contributed by atoms with van der Waals surface area (Å²) >= 11 is 3.41. The first-order valence-corrected chi connectivity index (χ1v) is 5.16. The van der Waals surface area contributed by atoms with Gasteiger partial charge in [0.25, 0.3) is 0 Å². The number of carbonyl (C=O) groups excluding carboxylic acids is 1. The minimum absolute atomic E-state index is 0.140. The number of ketones is 1. The highest BCUT2D eigenvalue weighted by Crippen LogP contribution is 2.30. The van der Waals surface area contributed by atoms with E-state index in [1.807, 2.05) is 19.1 Å². The molecule has 0 N–H and O–H groups in total. The van der Waals surface area contributed by atoms with Gasteiger partial charge >= 0.3 is 0 Å². The molecule has 0 spiro atoms. The molecule has 0 radical (unpaired) electrons. The maximum Gasteiger partial charge on any atom is 0.136 e. The average molecular weight is 257 g/mol. The van der Waals surface area contributed by atoms with E-state index in [9.17, 15) is 4.79 Å². The number of rotatable bonds is 3. The van der Waals surface area contributed by atoms with Crippen LogP contribution >= 0.6 is 15.9 Å². The molecule has 0 atom stereocenters. The van der Waals surface area contributed by atoms with Gasteiger partial charge in [-0.05, 0) is 41.4 Å². The standard InChI is InChI=1S/C11H13BrO2/c1-7-4-9(6-8(2)13)11(14-3)10(12)5-7/h4-5H,6H2,1-3H3. The summed E-state index contributed by atoms with van der Waals surface area (Å²) in [5.41, 5.74) is 2.06. The molecule has 0 aliphatic carbocycles. The van der Waals surface area contributed by atoms with Crippen molar-refractivity contribution < 1.29 is 9.53 Å². The van der Waals surface area contributed by atoms with Crippen molar-refractivity contribution in [3.05, 3.63) is 27.7 Å². The largest absolute Gasteiger partial charge is 0.495 e. The number of carbonyl (C=O) groups is 1. The van der Waals surface area contributed by atoms with Crippen LogP contribution in [0.2, 0.25) is 0 Å². The van der Waals surface area contributed by atoms with Crippen molar-refractivity contribution in [3.8, 4) is 5.75 Å². The Morgan fingerprint density at radius 2 is 2.14 bits per heavy atom. The summed E-state index contributed by atoms with van der Waals surface area (Å²) in [7, 11) is 1.61. The quantitative estimate of drug-likeness (QED) is 0.832. The fourth-order valence-electron chi connectivity index (χ4n) is 1.43. The van der Waals surface area contributed by atoms with Gasteiger partial charge in [-0.2, -0.15) is 0 Å². The lowest BCUT2D eigenvalue weighted by Gasteiger charge is -2.10. The molecule has 1 aromatic carbocycles. The highest BCUT2D eigenvalue weighted by atomic mass is 79.9. The second-order valence-electron chi connectivity index (χ2n) is 3.32. The molecule has 0 heterocycles. The van der Waals surface area contributed by atoms with Crippen LogP contribution in [0.4, 0.5) is 0 Å². The van der Waals surface area contributed by atoms with E-state index in [1.54, 1.807) is 14.0 Å². The summed E-state index contributed by atoms with van der Waals surface area (Å²) in [6.45, 7) is 3.57. The molecule has 0 saturated heterocycles. The average Bonchev–Trinajstić information content (AvgIpc) is 2.01. The summed E-state index contributed by atoms with van der Waals surface area (Å²) in [5, 5.41) is 0. The third kappa shape index (κ3) is 2.58. The Balaban J connectivity index is 3.17. The molecule has 1 aromatic rings. The predicted molar refractivity (Wildman–Crippen MR) is 59.8 cm³/mol. The summed E-state index contributed by atoms with van der Waals surface area (Å²) in [6.07, 6.45) is 0.420. The first-order chi connectivity index (χ1) is 6.54. The Morgan fingerprint density at radius 3 is 2.64 bits per heavy atom. The van der Waals surface area contributed by atoms with E-state index in [0.29, 0.717) is 6.42 Å². The van der Waals surface area contributed by atoms with Crippen molar-refractivity contribution in [2.75, 3.05) is 7.11 Å². The van der Waals surface area contributed by atoms with Crippen LogP contribution in [-0.2, 0) is 11.2 Å². The summed E-state index contributed by atoms with van der Waals surface area (Å²) in [6, 6.07) is 3.95. The second-order valence-corrected chi connectivity index (χ2v) is 4.17. The molecule has 0 fully saturated rings. The zero-order valence-corrected chi connectivity index (χ0v) is 10.1. The van der Waals surface area contributed by atoms with Crippen LogP contribution in [0, 0.1) is 6.92 Å². The Labute approximate surface area is 92.4 Å². The lowest BCUT2D eigenvalue weighted by atomic mass is 10.1. The third-order valence-electron chi connectivity index (χ3n) is 1.91. The van der Waals surface area contributed by atoms with Crippen LogP contribution in [0.15, 0.2) is 16.6 Å². The zero-order chi connectivity index (χ0) is 10.7. The van der Waals surface area contributed by atoms with Crippen LogP contribution in [0.3, 0.4) is 0 Å². The van der Waals surface area contributed by atoms with E-state index in [0.717, 1.165) is 21.3 Å². The summed E-state index contributed by atoms with van der Waals surface area (Å²) in [5.74, 6) is 0.895. The van der Waals surface area contributed by atoms with Gasteiger partial charge in [0.1, 0.15) is 11.5 Å². The SMILES string of the molecule is COc1c(Br)cc(C)cc1CC(C)=O. The van der Waals surface area contributed by atoms with Crippen molar-refractivity contribution in [1.82, 2.24) is 0 Å². The molecule has 0 aliphatic heterocycles. The molecule has 0 saturated carbocycles. The van der Waals surface area contributed by atoms with Crippen LogP contribution in [0.1, 0.15) is 18.1 Å². The normalized spacial score (nSPS) is 10.0. The zero-order valence-electron chi connectivity index (χ0n) is 8.56. The predicted octanol–water partition coefficient (Wildman–Crippen LogP) is 2.90. The molecule has 0 unspecified atom stereocenters. The number of aryl methyl sites for hydroxylation is 1. The van der Waals surface area contributed by atoms with Gasteiger partial charge in [-0.1, -0.05) is 6.07 Å². The summed E-state index contributed by atoms with van der Waals surface area (Å²) in [4.78, 5) is 11.0. The number of benzene rings is 1. The highest BCUT2D eigenvalue weighted by Gasteiger charge is 2.09. The van der Waals surface area contributed by atoms with Crippen LogP contribution in [-0.4, -0.2) is 12.9 Å². The molecule has 14 heavy (non-hydrogen) atoms. The minimum atomic E-state index is 0.140. The molecule has 1 rings (SSSR count). The van der Waals surface area contributed by atoms with Crippen molar-refractivity contribution in [2.45, 2.75) is 20.3 Å². The number of halogens is 1. The molecular formula is C11H13BrO2. The second kappa shape index (κ2) is 4.60. The number of ether oxygens (including phenoxy) is 1. The van der Waals surface area contributed by atoms with Crippen molar-refractivity contribution in [2.24, 2.45) is 0 Å². The number of hydrogen-bond donors (Lipinski definition) is 0. The Hall–Kier alpha value is -0.830. The van der Waals surface area contributed by atoms with Crippen LogP contribution in [0.5, 0.6) is 5.75 Å². The molecular weight excluding hydrogens is 244 g/mol. The van der Waals surface area contributed by atoms with Gasteiger partial charge in [0.05, 0.1) is 11.6 Å². The van der Waals surface area contributed by atoms with Gasteiger partial charge in [-0.25, -0.2) is 0 Å². The van der Waals surface area contributed by atoms with E-state index >= 15 is 0 Å². The van der Waals surface area contributed by atoms with Gasteiger partial charge < -0.3 is 4.74 Å². The Kier molecular flexibility index (Phi) is 3.69. The first-order valence-electron chi connectivity index (χ1n) is 4.37. The molecule has 0 aliphatic rings. The highest BCUT2D eigenvalue weighted by molar-refractivity contribution is 9.10. The number of Topliss-reactive ketones (excluding diaryl/α,β-unsaturated/α-hetero) is 1. The first kappa shape index (κ1) is 11.2. The monoisotopic (exact) mass is 256 g/mol. The van der Waals surface area contributed by atoms with Crippen molar-refractivity contribution in [1.29, 1.82) is 0 Å². The molecule has 2 nitrogen and oxygen atoms in total. The minimum Gasteiger partial charge on any atom is -0.495 e.